The molecule has 42 heavy (non-hydrogen) atoms. The lowest BCUT2D eigenvalue weighted by atomic mass is 10.2. The number of para-hydroxylation sites is 1. The first-order valence-electron chi connectivity index (χ1n) is 13.5. The summed E-state index contributed by atoms with van der Waals surface area (Å²) in [5, 5.41) is 6.91. The smallest absolute Gasteiger partial charge is 0.295 e. The van der Waals surface area contributed by atoms with Gasteiger partial charge in [-0.2, -0.15) is 4.98 Å². The number of ether oxygens (including phenoxy) is 1. The van der Waals surface area contributed by atoms with Crippen LogP contribution in [0.1, 0.15) is 5.56 Å². The predicted octanol–water partition coefficient (Wildman–Crippen LogP) is 4.66. The maximum atomic E-state index is 15.0. The fourth-order valence-electron chi connectivity index (χ4n) is 4.99. The summed E-state index contributed by atoms with van der Waals surface area (Å²) in [6, 6.07) is 22.9. The van der Waals surface area contributed by atoms with Gasteiger partial charge in [-0.1, -0.05) is 36.4 Å². The normalized spacial score (nSPS) is 14.1. The molecule has 0 spiro atoms. The van der Waals surface area contributed by atoms with Gasteiger partial charge < -0.3 is 24.8 Å². The van der Waals surface area contributed by atoms with Crippen molar-refractivity contribution in [1.29, 1.82) is 0 Å². The standard InChI is InChI=1S/C31H29FN6O3S/c1-42(40)28-10-6-5-7-21(28)20-38-29-22(17-27(30(38)39)41-24-8-3-2-4-9-24)19-34-31(36-29)35-23-11-12-26(25(32)18-23)37-15-13-33-14-16-37/h2-12,17-19,33H,13-16,20H2,1H3,(H,34,35,36). The van der Waals surface area contributed by atoms with E-state index in [-0.39, 0.29) is 24.1 Å². The van der Waals surface area contributed by atoms with E-state index in [4.69, 9.17) is 4.74 Å². The van der Waals surface area contributed by atoms with Gasteiger partial charge in [-0.25, -0.2) is 9.37 Å². The van der Waals surface area contributed by atoms with Crippen molar-refractivity contribution in [3.8, 4) is 11.5 Å². The topological polar surface area (TPSA) is 107 Å². The SMILES string of the molecule is C[S+]([O-])c1ccccc1Cn1c(=O)c(Oc2ccccc2)cc2cnc(Nc3ccc(N4CCNCC4)c(F)c3)nc21. The number of anilines is 3. The average Bonchev–Trinajstić information content (AvgIpc) is 3.00. The van der Waals surface area contributed by atoms with E-state index in [1.807, 2.05) is 41.3 Å². The fourth-order valence-corrected chi connectivity index (χ4v) is 5.76. The number of hydrogen-bond acceptors (Lipinski definition) is 8. The second kappa shape index (κ2) is 12.2. The molecule has 6 rings (SSSR count). The van der Waals surface area contributed by atoms with Gasteiger partial charge in [0.05, 0.1) is 12.2 Å². The van der Waals surface area contributed by atoms with E-state index >= 15 is 4.39 Å². The van der Waals surface area contributed by atoms with Crippen LogP contribution in [0.4, 0.5) is 21.7 Å². The van der Waals surface area contributed by atoms with Gasteiger partial charge in [-0.3, -0.25) is 9.36 Å². The first-order valence-corrected chi connectivity index (χ1v) is 15.1. The van der Waals surface area contributed by atoms with Gasteiger partial charge in [0, 0.05) is 49.0 Å². The van der Waals surface area contributed by atoms with Crippen molar-refractivity contribution in [2.45, 2.75) is 11.4 Å². The van der Waals surface area contributed by atoms with Crippen LogP contribution in [-0.2, 0) is 17.7 Å². The Morgan fingerprint density at radius 3 is 2.57 bits per heavy atom. The highest BCUT2D eigenvalue weighted by Crippen LogP contribution is 2.27. The lowest BCUT2D eigenvalue weighted by Crippen LogP contribution is -2.43. The van der Waals surface area contributed by atoms with Crippen LogP contribution in [0, 0.1) is 5.82 Å². The number of aromatic nitrogens is 3. The van der Waals surface area contributed by atoms with E-state index in [1.165, 1.54) is 10.6 Å². The van der Waals surface area contributed by atoms with Crippen LogP contribution in [0.25, 0.3) is 11.0 Å². The quantitative estimate of drug-likeness (QED) is 0.254. The number of rotatable bonds is 8. The van der Waals surface area contributed by atoms with Crippen molar-refractivity contribution < 1.29 is 13.7 Å². The van der Waals surface area contributed by atoms with Crippen molar-refractivity contribution in [3.63, 3.8) is 0 Å². The highest BCUT2D eigenvalue weighted by atomic mass is 32.2. The summed E-state index contributed by atoms with van der Waals surface area (Å²) >= 11 is -1.26. The zero-order chi connectivity index (χ0) is 29.1. The molecular weight excluding hydrogens is 555 g/mol. The largest absolute Gasteiger partial charge is 0.612 e. The molecular formula is C31H29FN6O3S. The van der Waals surface area contributed by atoms with Gasteiger partial charge in [0.15, 0.2) is 10.6 Å². The van der Waals surface area contributed by atoms with E-state index in [0.29, 0.717) is 33.1 Å². The minimum absolute atomic E-state index is 0.110. The van der Waals surface area contributed by atoms with Crippen LogP contribution in [-0.4, -0.2) is 51.5 Å². The Kier molecular flexibility index (Phi) is 8.04. The highest BCUT2D eigenvalue weighted by Gasteiger charge is 2.19. The van der Waals surface area contributed by atoms with Gasteiger partial charge in [-0.15, -0.1) is 0 Å². The molecule has 3 aromatic carbocycles. The molecule has 0 aliphatic carbocycles. The van der Waals surface area contributed by atoms with Gasteiger partial charge in [0.1, 0.15) is 23.5 Å². The van der Waals surface area contributed by atoms with E-state index in [9.17, 15) is 9.35 Å². The Hall–Kier alpha value is -4.45. The summed E-state index contributed by atoms with van der Waals surface area (Å²) < 4.78 is 34.9. The molecule has 1 unspecified atom stereocenters. The molecule has 0 saturated carbocycles. The lowest BCUT2D eigenvalue weighted by molar-refractivity contribution is 0.470. The number of pyridine rings is 1. The number of nitrogens with zero attached hydrogens (tertiary/aromatic N) is 4. The molecule has 11 heteroatoms. The van der Waals surface area contributed by atoms with Gasteiger partial charge in [-0.05, 0) is 53.6 Å². The molecule has 2 N–H and O–H groups in total. The first-order chi connectivity index (χ1) is 20.5. The first kappa shape index (κ1) is 27.7. The zero-order valence-corrected chi connectivity index (χ0v) is 23.7. The number of nitrogens with one attached hydrogen (secondary N) is 2. The van der Waals surface area contributed by atoms with Crippen molar-refractivity contribution in [2.75, 3.05) is 42.7 Å². The Labute approximate surface area is 245 Å². The Balaban J connectivity index is 1.38. The molecule has 0 amide bonds. The zero-order valence-electron chi connectivity index (χ0n) is 22.9. The van der Waals surface area contributed by atoms with E-state index < -0.39 is 16.7 Å². The van der Waals surface area contributed by atoms with Crippen LogP contribution >= 0.6 is 0 Å². The van der Waals surface area contributed by atoms with Gasteiger partial charge >= 0.3 is 0 Å². The summed E-state index contributed by atoms with van der Waals surface area (Å²) in [7, 11) is 0. The predicted molar refractivity (Wildman–Crippen MR) is 163 cm³/mol. The molecule has 3 heterocycles. The Morgan fingerprint density at radius 1 is 1.05 bits per heavy atom. The molecule has 5 aromatic rings. The second-order valence-corrected chi connectivity index (χ2v) is 11.2. The van der Waals surface area contributed by atoms with Crippen LogP contribution in [0.3, 0.4) is 0 Å². The number of piperazine rings is 1. The summed E-state index contributed by atoms with van der Waals surface area (Å²) in [6.07, 6.45) is 3.19. The average molecular weight is 585 g/mol. The molecule has 1 fully saturated rings. The van der Waals surface area contributed by atoms with Gasteiger partial charge in [0.2, 0.25) is 5.95 Å². The summed E-state index contributed by atoms with van der Waals surface area (Å²) in [6.45, 7) is 3.20. The minimum Gasteiger partial charge on any atom is -0.612 e. The molecule has 0 radical (unpaired) electrons. The van der Waals surface area contributed by atoms with Gasteiger partial charge in [0.25, 0.3) is 5.56 Å². The van der Waals surface area contributed by atoms with E-state index in [2.05, 4.69) is 20.6 Å². The maximum Gasteiger partial charge on any atom is 0.295 e. The van der Waals surface area contributed by atoms with Crippen LogP contribution in [0.5, 0.6) is 11.5 Å². The Bertz CT molecular complexity index is 1780. The molecule has 1 saturated heterocycles. The Morgan fingerprint density at radius 2 is 1.81 bits per heavy atom. The second-order valence-electron chi connectivity index (χ2n) is 9.88. The highest BCUT2D eigenvalue weighted by molar-refractivity contribution is 7.90. The molecule has 214 valence electrons. The molecule has 1 atom stereocenters. The summed E-state index contributed by atoms with van der Waals surface area (Å²) in [5.41, 5.74) is 1.70. The molecule has 1 aliphatic heterocycles. The molecule has 0 bridgehead atoms. The lowest BCUT2D eigenvalue weighted by Gasteiger charge is -2.29. The van der Waals surface area contributed by atoms with Crippen LogP contribution in [0.15, 0.2) is 94.7 Å². The van der Waals surface area contributed by atoms with E-state index in [1.54, 1.807) is 48.9 Å². The van der Waals surface area contributed by atoms with Crippen LogP contribution < -0.4 is 25.8 Å². The number of halogens is 1. The molecule has 1 aliphatic rings. The number of fused-ring (bicyclic) bond motifs is 1. The maximum absolute atomic E-state index is 15.0. The van der Waals surface area contributed by atoms with Crippen molar-refractivity contribution in [1.82, 2.24) is 19.9 Å². The minimum atomic E-state index is -1.26. The van der Waals surface area contributed by atoms with Crippen molar-refractivity contribution in [3.05, 3.63) is 107 Å². The third-order valence-corrected chi connectivity index (χ3v) is 8.06. The third-order valence-electron chi connectivity index (χ3n) is 7.04. The molecule has 2 aromatic heterocycles. The van der Waals surface area contributed by atoms with Crippen LogP contribution in [0.2, 0.25) is 0 Å². The number of hydrogen-bond donors (Lipinski definition) is 2. The monoisotopic (exact) mass is 584 g/mol. The molecule has 9 nitrogen and oxygen atoms in total. The number of benzene rings is 3. The van der Waals surface area contributed by atoms with Crippen molar-refractivity contribution >= 4 is 39.5 Å². The fraction of sp³-hybridized carbons (Fsp3) is 0.194. The van der Waals surface area contributed by atoms with E-state index in [0.717, 1.165) is 31.7 Å². The van der Waals surface area contributed by atoms with Crippen molar-refractivity contribution in [2.24, 2.45) is 0 Å². The third kappa shape index (κ3) is 5.94. The summed E-state index contributed by atoms with van der Waals surface area (Å²) in [5.74, 6) is 0.486. The summed E-state index contributed by atoms with van der Waals surface area (Å²) in [4.78, 5) is 25.5.